The van der Waals surface area contributed by atoms with E-state index in [0.29, 0.717) is 24.2 Å². The maximum absolute atomic E-state index is 14.4. The molecule has 0 unspecified atom stereocenters. The number of amides is 2. The zero-order valence-electron chi connectivity index (χ0n) is 24.0. The number of anilines is 2. The Kier molecular flexibility index (Phi) is 7.07. The van der Waals surface area contributed by atoms with Crippen LogP contribution in [0.2, 0.25) is 0 Å². The summed E-state index contributed by atoms with van der Waals surface area (Å²) in [6, 6.07) is 10.5. The molecule has 2 amide bonds. The van der Waals surface area contributed by atoms with Crippen LogP contribution < -0.4 is 38.3 Å². The number of carbonyl (C=O) groups excluding carboxylic acids is 2. The summed E-state index contributed by atoms with van der Waals surface area (Å²) in [4.78, 5) is 66.1. The van der Waals surface area contributed by atoms with E-state index in [0.717, 1.165) is 27.2 Å². The molecule has 18 heteroatoms. The van der Waals surface area contributed by atoms with E-state index in [9.17, 15) is 28.4 Å². The fourth-order valence-corrected chi connectivity index (χ4v) is 5.47. The first-order valence-electron chi connectivity index (χ1n) is 14.1. The average molecular weight is 640 g/mol. The van der Waals surface area contributed by atoms with Gasteiger partial charge in [0.15, 0.2) is 0 Å². The molecule has 3 aromatic heterocycles. The van der Waals surface area contributed by atoms with Crippen LogP contribution in [-0.4, -0.2) is 47.0 Å². The van der Waals surface area contributed by atoms with Crippen molar-refractivity contribution >= 4 is 29.0 Å². The lowest BCUT2D eigenvalue weighted by Crippen LogP contribution is -2.37. The van der Waals surface area contributed by atoms with Crippen molar-refractivity contribution in [2.24, 2.45) is 0 Å². The van der Waals surface area contributed by atoms with Gasteiger partial charge in [-0.25, -0.2) is 18.6 Å². The predicted octanol–water partition coefficient (Wildman–Crippen LogP) is 0.139. The maximum atomic E-state index is 14.4. The van der Waals surface area contributed by atoms with Crippen molar-refractivity contribution in [3.05, 3.63) is 113 Å². The Bertz CT molecular complexity index is 2340. The Hall–Kier alpha value is -6.59. The molecule has 1 atom stereocenters. The van der Waals surface area contributed by atoms with Crippen LogP contribution >= 0.6 is 0 Å². The SMILES string of the molecule is Nc1c(NCc2cc(CNC(=O)c3cc(C(=O)N[C@H]4CCc5cc(-c6nn[nH]n6)ccc54)n4c(=O)onc4n3)ccc2F)c(=O)c1=O. The fraction of sp³-hybridized carbons (Fsp3) is 0.172. The van der Waals surface area contributed by atoms with Crippen molar-refractivity contribution in [2.45, 2.75) is 32.0 Å². The number of fused-ring (bicyclic) bond motifs is 2. The van der Waals surface area contributed by atoms with E-state index in [4.69, 9.17) is 10.3 Å². The van der Waals surface area contributed by atoms with Crippen LogP contribution in [-0.2, 0) is 19.5 Å². The lowest BCUT2D eigenvalue weighted by molar-refractivity contribution is 0.0929. The van der Waals surface area contributed by atoms with Gasteiger partial charge in [-0.3, -0.25) is 23.7 Å². The first-order chi connectivity index (χ1) is 22.7. The van der Waals surface area contributed by atoms with Crippen LogP contribution in [0.5, 0.6) is 0 Å². The highest BCUT2D eigenvalue weighted by atomic mass is 19.1. The number of nitrogens with zero attached hydrogens (tertiary/aromatic N) is 6. The molecule has 0 bridgehead atoms. The number of nitrogens with two attached hydrogens (primary N) is 1. The summed E-state index contributed by atoms with van der Waals surface area (Å²) < 4.78 is 20.0. The molecule has 6 aromatic rings. The first kappa shape index (κ1) is 29.1. The Balaban J connectivity index is 1.07. The van der Waals surface area contributed by atoms with E-state index in [1.165, 1.54) is 18.2 Å². The topological polar surface area (TPSA) is 245 Å². The number of aromatic nitrogens is 7. The van der Waals surface area contributed by atoms with Crippen molar-refractivity contribution in [1.29, 1.82) is 0 Å². The van der Waals surface area contributed by atoms with Crippen molar-refractivity contribution in [1.82, 2.24) is 45.8 Å². The third kappa shape index (κ3) is 5.26. The zero-order valence-corrected chi connectivity index (χ0v) is 24.0. The molecular weight excluding hydrogens is 617 g/mol. The van der Waals surface area contributed by atoms with Crippen molar-refractivity contribution in [3.8, 4) is 11.4 Å². The highest BCUT2D eigenvalue weighted by molar-refractivity contribution is 5.98. The van der Waals surface area contributed by atoms with Gasteiger partial charge < -0.3 is 21.7 Å². The van der Waals surface area contributed by atoms with Crippen molar-refractivity contribution < 1.29 is 18.5 Å². The monoisotopic (exact) mass is 639 g/mol. The van der Waals surface area contributed by atoms with Gasteiger partial charge in [-0.05, 0) is 64.2 Å². The number of tetrazole rings is 1. The average Bonchev–Trinajstić information content (AvgIpc) is 3.85. The summed E-state index contributed by atoms with van der Waals surface area (Å²) in [6.45, 7) is -0.204. The number of hydrogen-bond donors (Lipinski definition) is 5. The predicted molar refractivity (Wildman–Crippen MR) is 160 cm³/mol. The third-order valence-corrected chi connectivity index (χ3v) is 7.88. The summed E-state index contributed by atoms with van der Waals surface area (Å²) in [5.41, 5.74) is 6.51. The van der Waals surface area contributed by atoms with Gasteiger partial charge in [0.1, 0.15) is 28.6 Å². The summed E-state index contributed by atoms with van der Waals surface area (Å²) in [5, 5.41) is 25.8. The van der Waals surface area contributed by atoms with E-state index in [1.807, 2.05) is 18.2 Å². The largest absolute Gasteiger partial charge is 0.448 e. The minimum absolute atomic E-state index is 0.0704. The summed E-state index contributed by atoms with van der Waals surface area (Å²) in [7, 11) is 0. The van der Waals surface area contributed by atoms with Gasteiger partial charge in [0, 0.05) is 24.2 Å². The number of rotatable bonds is 9. The molecule has 7 rings (SSSR count). The Morgan fingerprint density at radius 3 is 2.70 bits per heavy atom. The van der Waals surface area contributed by atoms with Crippen LogP contribution in [0, 0.1) is 5.82 Å². The Morgan fingerprint density at radius 1 is 1.06 bits per heavy atom. The zero-order chi connectivity index (χ0) is 32.8. The second kappa shape index (κ2) is 11.4. The van der Waals surface area contributed by atoms with Gasteiger partial charge in [0.05, 0.1) is 6.04 Å². The van der Waals surface area contributed by atoms with E-state index in [2.05, 4.69) is 46.7 Å². The number of nitrogens with one attached hydrogen (secondary N) is 4. The van der Waals surface area contributed by atoms with Gasteiger partial charge in [-0.2, -0.15) is 5.21 Å². The molecular formula is C29H22FN11O6. The highest BCUT2D eigenvalue weighted by Crippen LogP contribution is 2.33. The van der Waals surface area contributed by atoms with Crippen LogP contribution in [0.15, 0.2) is 61.4 Å². The molecule has 6 N–H and O–H groups in total. The molecule has 47 heavy (non-hydrogen) atoms. The van der Waals surface area contributed by atoms with Crippen molar-refractivity contribution in [2.75, 3.05) is 11.1 Å². The fourth-order valence-electron chi connectivity index (χ4n) is 5.47. The number of aromatic amines is 1. The molecule has 0 radical (unpaired) electrons. The number of halogens is 1. The molecule has 17 nitrogen and oxygen atoms in total. The molecule has 0 fully saturated rings. The number of nitrogen functional groups attached to an aromatic ring is 1. The first-order valence-corrected chi connectivity index (χ1v) is 14.1. The molecule has 236 valence electrons. The van der Waals surface area contributed by atoms with Gasteiger partial charge in [0.25, 0.3) is 28.4 Å². The molecule has 3 heterocycles. The second-order valence-electron chi connectivity index (χ2n) is 10.7. The van der Waals surface area contributed by atoms with Gasteiger partial charge in [-0.15, -0.1) is 10.2 Å². The quantitative estimate of drug-likeness (QED) is 0.132. The third-order valence-electron chi connectivity index (χ3n) is 7.88. The van der Waals surface area contributed by atoms with Gasteiger partial charge in [0.2, 0.25) is 5.82 Å². The molecule has 0 saturated carbocycles. The van der Waals surface area contributed by atoms with Crippen LogP contribution in [0.3, 0.4) is 0 Å². The van der Waals surface area contributed by atoms with E-state index in [-0.39, 0.29) is 53.2 Å². The summed E-state index contributed by atoms with van der Waals surface area (Å²) >= 11 is 0. The summed E-state index contributed by atoms with van der Waals surface area (Å²) in [5.74, 6) is -2.76. The highest BCUT2D eigenvalue weighted by Gasteiger charge is 2.28. The normalized spacial score (nSPS) is 13.9. The number of carbonyl (C=O) groups is 2. The lowest BCUT2D eigenvalue weighted by atomic mass is 10.0. The van der Waals surface area contributed by atoms with Crippen molar-refractivity contribution in [3.63, 3.8) is 0 Å². The van der Waals surface area contributed by atoms with Gasteiger partial charge in [-0.1, -0.05) is 18.2 Å². The number of H-pyrrole nitrogens is 1. The van der Waals surface area contributed by atoms with E-state index >= 15 is 0 Å². The molecule has 3 aromatic carbocycles. The smallest absolute Gasteiger partial charge is 0.394 e. The van der Waals surface area contributed by atoms with Gasteiger partial charge >= 0.3 is 5.76 Å². The minimum Gasteiger partial charge on any atom is -0.394 e. The minimum atomic E-state index is -0.959. The summed E-state index contributed by atoms with van der Waals surface area (Å²) in [6.07, 6.45) is 1.26. The molecule has 0 spiro atoms. The molecule has 1 aliphatic carbocycles. The number of benzene rings is 2. The maximum Gasteiger partial charge on any atom is 0.448 e. The Morgan fingerprint density at radius 2 is 1.91 bits per heavy atom. The van der Waals surface area contributed by atoms with E-state index < -0.39 is 34.2 Å². The molecule has 0 saturated heterocycles. The standard InChI is InChI=1S/C29H22FN11O6/c30-17-5-1-12(7-15(17)11-32-22-21(31)23(42)24(22)43)10-33-26(44)19-9-20(41-28(35-19)38-47-29(41)46)27(45)34-18-6-3-13-8-14(2-4-16(13)18)25-36-39-40-37-25/h1-2,4-5,7-9,18,32H,3,6,10-11,31H2,(H,33,44)(H,34,45)(H,36,37,39,40)/t18-/m0/s1. The Labute approximate surface area is 260 Å². The van der Waals surface area contributed by atoms with E-state index in [1.54, 1.807) is 0 Å². The van der Waals surface area contributed by atoms with Crippen LogP contribution in [0.4, 0.5) is 15.8 Å². The lowest BCUT2D eigenvalue weighted by Gasteiger charge is -2.15. The number of hydrogen-bond acceptors (Lipinski definition) is 13. The second-order valence-corrected chi connectivity index (χ2v) is 10.7. The van der Waals surface area contributed by atoms with Crippen LogP contribution in [0.25, 0.3) is 17.2 Å². The molecule has 0 aliphatic heterocycles. The number of aryl methyl sites for hydroxylation is 1. The molecule has 1 aliphatic rings. The van der Waals surface area contributed by atoms with Crippen LogP contribution in [0.1, 0.15) is 55.7 Å².